The van der Waals surface area contributed by atoms with Crippen LogP contribution >= 0.6 is 15.9 Å². The van der Waals surface area contributed by atoms with Gasteiger partial charge in [0.25, 0.3) is 0 Å². The standard InChI is InChI=1S/C16H19BrN2/c1-18-15(9-7-13-5-3-2-4-6-13)11-16-10-8-14(17)12-19-16/h2-6,8,10,12,15,18H,7,9,11H2,1H3. The molecule has 1 atom stereocenters. The van der Waals surface area contributed by atoms with E-state index in [1.54, 1.807) is 0 Å². The van der Waals surface area contributed by atoms with Gasteiger partial charge < -0.3 is 5.32 Å². The lowest BCUT2D eigenvalue weighted by atomic mass is 10.0. The molecular weight excluding hydrogens is 300 g/mol. The number of hydrogen-bond donors (Lipinski definition) is 1. The average molecular weight is 319 g/mol. The van der Waals surface area contributed by atoms with Crippen LogP contribution in [0.4, 0.5) is 0 Å². The van der Waals surface area contributed by atoms with Crippen molar-refractivity contribution in [3.63, 3.8) is 0 Å². The van der Waals surface area contributed by atoms with E-state index in [1.165, 1.54) is 5.56 Å². The van der Waals surface area contributed by atoms with E-state index in [4.69, 9.17) is 0 Å². The van der Waals surface area contributed by atoms with Crippen molar-refractivity contribution < 1.29 is 0 Å². The van der Waals surface area contributed by atoms with Gasteiger partial charge in [0.15, 0.2) is 0 Å². The van der Waals surface area contributed by atoms with E-state index >= 15 is 0 Å². The first-order chi connectivity index (χ1) is 9.28. The molecule has 0 amide bonds. The van der Waals surface area contributed by atoms with E-state index < -0.39 is 0 Å². The zero-order valence-corrected chi connectivity index (χ0v) is 12.7. The fraction of sp³-hybridized carbons (Fsp3) is 0.312. The summed E-state index contributed by atoms with van der Waals surface area (Å²) in [6.07, 6.45) is 5.05. The Balaban J connectivity index is 1.88. The largest absolute Gasteiger partial charge is 0.317 e. The summed E-state index contributed by atoms with van der Waals surface area (Å²) in [7, 11) is 2.02. The number of halogens is 1. The molecule has 1 N–H and O–H groups in total. The number of pyridine rings is 1. The third kappa shape index (κ3) is 4.77. The molecule has 0 aliphatic heterocycles. The molecule has 2 aromatic rings. The second-order valence-electron chi connectivity index (χ2n) is 4.68. The number of nitrogens with one attached hydrogen (secondary N) is 1. The number of benzene rings is 1. The Morgan fingerprint density at radius 3 is 2.58 bits per heavy atom. The van der Waals surface area contributed by atoms with Crippen molar-refractivity contribution in [3.05, 3.63) is 64.4 Å². The molecule has 0 fully saturated rings. The first-order valence-electron chi connectivity index (χ1n) is 6.59. The second-order valence-corrected chi connectivity index (χ2v) is 5.60. The normalized spacial score (nSPS) is 12.3. The maximum atomic E-state index is 4.43. The lowest BCUT2D eigenvalue weighted by Crippen LogP contribution is -2.28. The quantitative estimate of drug-likeness (QED) is 0.880. The molecule has 0 aliphatic rings. The Labute approximate surface area is 123 Å². The Kier molecular flexibility index (Phi) is 5.55. The third-order valence-corrected chi connectivity index (χ3v) is 3.75. The summed E-state index contributed by atoms with van der Waals surface area (Å²) in [5.74, 6) is 0. The molecule has 100 valence electrons. The molecule has 3 heteroatoms. The molecule has 0 bridgehead atoms. The van der Waals surface area contributed by atoms with Gasteiger partial charge in [-0.25, -0.2) is 0 Å². The molecule has 0 saturated carbocycles. The topological polar surface area (TPSA) is 24.9 Å². The average Bonchev–Trinajstić information content (AvgIpc) is 2.46. The predicted molar refractivity (Wildman–Crippen MR) is 83.3 cm³/mol. The van der Waals surface area contributed by atoms with E-state index in [2.05, 4.69) is 62.6 Å². The molecule has 1 unspecified atom stereocenters. The van der Waals surface area contributed by atoms with Crippen molar-refractivity contribution >= 4 is 15.9 Å². The van der Waals surface area contributed by atoms with Gasteiger partial charge in [-0.3, -0.25) is 4.98 Å². The minimum atomic E-state index is 0.467. The van der Waals surface area contributed by atoms with Crippen LogP contribution in [0.1, 0.15) is 17.7 Å². The lowest BCUT2D eigenvalue weighted by Gasteiger charge is -2.15. The highest BCUT2D eigenvalue weighted by molar-refractivity contribution is 9.10. The highest BCUT2D eigenvalue weighted by Crippen LogP contribution is 2.11. The number of hydrogen-bond acceptors (Lipinski definition) is 2. The highest BCUT2D eigenvalue weighted by atomic mass is 79.9. The summed E-state index contributed by atoms with van der Waals surface area (Å²) in [5.41, 5.74) is 2.53. The monoisotopic (exact) mass is 318 g/mol. The van der Waals surface area contributed by atoms with Crippen LogP contribution in [0.3, 0.4) is 0 Å². The summed E-state index contributed by atoms with van der Waals surface area (Å²) >= 11 is 3.41. The lowest BCUT2D eigenvalue weighted by molar-refractivity contribution is 0.515. The molecule has 0 saturated heterocycles. The zero-order chi connectivity index (χ0) is 13.5. The number of nitrogens with zero attached hydrogens (tertiary/aromatic N) is 1. The minimum Gasteiger partial charge on any atom is -0.317 e. The van der Waals surface area contributed by atoms with Gasteiger partial charge in [0, 0.05) is 28.8 Å². The Hall–Kier alpha value is -1.19. The smallest absolute Gasteiger partial charge is 0.0419 e. The van der Waals surface area contributed by atoms with Crippen molar-refractivity contribution in [1.82, 2.24) is 10.3 Å². The van der Waals surface area contributed by atoms with Crippen LogP contribution in [0, 0.1) is 0 Å². The first kappa shape index (κ1) is 14.2. The minimum absolute atomic E-state index is 0.467. The molecule has 1 aromatic carbocycles. The van der Waals surface area contributed by atoms with Crippen LogP contribution in [0.15, 0.2) is 53.1 Å². The highest BCUT2D eigenvalue weighted by Gasteiger charge is 2.08. The number of aromatic nitrogens is 1. The van der Waals surface area contributed by atoms with E-state index in [0.29, 0.717) is 6.04 Å². The van der Waals surface area contributed by atoms with Crippen LogP contribution in [0.5, 0.6) is 0 Å². The molecule has 0 radical (unpaired) electrons. The summed E-state index contributed by atoms with van der Waals surface area (Å²) in [6, 6.07) is 15.2. The van der Waals surface area contributed by atoms with Crippen LogP contribution in [-0.4, -0.2) is 18.1 Å². The van der Waals surface area contributed by atoms with Crippen LogP contribution in [-0.2, 0) is 12.8 Å². The Bertz CT molecular complexity index is 482. The predicted octanol–water partition coefficient (Wildman–Crippen LogP) is 3.61. The Morgan fingerprint density at radius 1 is 1.16 bits per heavy atom. The van der Waals surface area contributed by atoms with Gasteiger partial charge in [-0.15, -0.1) is 0 Å². The molecule has 2 nitrogen and oxygen atoms in total. The molecule has 1 heterocycles. The van der Waals surface area contributed by atoms with Crippen molar-refractivity contribution in [3.8, 4) is 0 Å². The van der Waals surface area contributed by atoms with Crippen molar-refractivity contribution in [2.75, 3.05) is 7.05 Å². The molecule has 19 heavy (non-hydrogen) atoms. The third-order valence-electron chi connectivity index (χ3n) is 3.28. The van der Waals surface area contributed by atoms with Crippen LogP contribution < -0.4 is 5.32 Å². The number of likely N-dealkylation sites (N-methyl/N-ethyl adjacent to an activating group) is 1. The Morgan fingerprint density at radius 2 is 1.95 bits per heavy atom. The van der Waals surface area contributed by atoms with E-state index in [-0.39, 0.29) is 0 Å². The SMILES string of the molecule is CNC(CCc1ccccc1)Cc1ccc(Br)cn1. The van der Waals surface area contributed by atoms with Crippen molar-refractivity contribution in [2.45, 2.75) is 25.3 Å². The van der Waals surface area contributed by atoms with Crippen LogP contribution in [0.2, 0.25) is 0 Å². The maximum Gasteiger partial charge on any atom is 0.0419 e. The summed E-state index contributed by atoms with van der Waals surface area (Å²) < 4.78 is 1.03. The summed E-state index contributed by atoms with van der Waals surface area (Å²) in [6.45, 7) is 0. The van der Waals surface area contributed by atoms with Gasteiger partial charge in [-0.2, -0.15) is 0 Å². The van der Waals surface area contributed by atoms with Gasteiger partial charge in [0.1, 0.15) is 0 Å². The maximum absolute atomic E-state index is 4.43. The van der Waals surface area contributed by atoms with Gasteiger partial charge in [-0.1, -0.05) is 30.3 Å². The molecule has 0 spiro atoms. The summed E-state index contributed by atoms with van der Waals surface area (Å²) in [5, 5.41) is 3.38. The number of aryl methyl sites for hydroxylation is 1. The second kappa shape index (κ2) is 7.41. The summed E-state index contributed by atoms with van der Waals surface area (Å²) in [4.78, 5) is 4.43. The number of rotatable bonds is 6. The molecule has 2 rings (SSSR count). The first-order valence-corrected chi connectivity index (χ1v) is 7.39. The fourth-order valence-corrected chi connectivity index (χ4v) is 2.35. The molecule has 1 aromatic heterocycles. The fourth-order valence-electron chi connectivity index (χ4n) is 2.11. The van der Waals surface area contributed by atoms with Gasteiger partial charge >= 0.3 is 0 Å². The van der Waals surface area contributed by atoms with Gasteiger partial charge in [0.2, 0.25) is 0 Å². The van der Waals surface area contributed by atoms with E-state index in [0.717, 1.165) is 29.4 Å². The molecular formula is C16H19BrN2. The van der Waals surface area contributed by atoms with Crippen molar-refractivity contribution in [2.24, 2.45) is 0 Å². The van der Waals surface area contributed by atoms with E-state index in [9.17, 15) is 0 Å². The molecule has 0 aliphatic carbocycles. The zero-order valence-electron chi connectivity index (χ0n) is 11.1. The van der Waals surface area contributed by atoms with Crippen LogP contribution in [0.25, 0.3) is 0 Å². The van der Waals surface area contributed by atoms with Gasteiger partial charge in [0.05, 0.1) is 0 Å². The van der Waals surface area contributed by atoms with Crippen molar-refractivity contribution in [1.29, 1.82) is 0 Å². The van der Waals surface area contributed by atoms with E-state index in [1.807, 2.05) is 19.3 Å². The van der Waals surface area contributed by atoms with Gasteiger partial charge in [-0.05, 0) is 53.5 Å².